The van der Waals surface area contributed by atoms with Gasteiger partial charge in [-0.05, 0) is 50.1 Å². The quantitative estimate of drug-likeness (QED) is 0.554. The highest BCUT2D eigenvalue weighted by atomic mass is 19.1. The minimum absolute atomic E-state index is 0.103. The Morgan fingerprint density at radius 3 is 2.43 bits per heavy atom. The van der Waals surface area contributed by atoms with E-state index in [0.29, 0.717) is 11.4 Å². The van der Waals surface area contributed by atoms with E-state index in [0.717, 1.165) is 11.6 Å². The van der Waals surface area contributed by atoms with Crippen molar-refractivity contribution in [1.82, 2.24) is 15.1 Å². The number of carbonyl (C=O) groups is 2. The molecule has 0 fully saturated rings. The van der Waals surface area contributed by atoms with Gasteiger partial charge in [0, 0.05) is 11.3 Å². The molecule has 0 aliphatic carbocycles. The Kier molecular flexibility index (Phi) is 6.27. The van der Waals surface area contributed by atoms with Gasteiger partial charge in [0.25, 0.3) is 5.91 Å². The molecule has 2 unspecified atom stereocenters. The molecular weight excluding hydrogens is 389 g/mol. The van der Waals surface area contributed by atoms with Gasteiger partial charge in [0.2, 0.25) is 0 Å². The summed E-state index contributed by atoms with van der Waals surface area (Å²) in [4.78, 5) is 24.1. The van der Waals surface area contributed by atoms with Crippen molar-refractivity contribution < 1.29 is 24.2 Å². The first-order valence-corrected chi connectivity index (χ1v) is 9.35. The molecule has 1 aromatic heterocycles. The van der Waals surface area contributed by atoms with Gasteiger partial charge in [-0.3, -0.25) is 4.79 Å². The number of benzene rings is 2. The van der Waals surface area contributed by atoms with Gasteiger partial charge in [-0.1, -0.05) is 30.3 Å². The van der Waals surface area contributed by atoms with Crippen molar-refractivity contribution in [3.05, 3.63) is 82.9 Å². The summed E-state index contributed by atoms with van der Waals surface area (Å²) in [6.45, 7) is 3.55. The fourth-order valence-electron chi connectivity index (χ4n) is 3.22. The molecule has 3 aromatic rings. The van der Waals surface area contributed by atoms with Crippen molar-refractivity contribution in [2.45, 2.75) is 32.4 Å². The fraction of sp³-hybridized carbons (Fsp3) is 0.227. The van der Waals surface area contributed by atoms with Crippen molar-refractivity contribution in [2.75, 3.05) is 0 Å². The Labute approximate surface area is 172 Å². The van der Waals surface area contributed by atoms with Crippen LogP contribution in [0.5, 0.6) is 0 Å². The van der Waals surface area contributed by atoms with Crippen molar-refractivity contribution in [3.8, 4) is 5.69 Å². The number of hydrogen-bond donors (Lipinski definition) is 3. The van der Waals surface area contributed by atoms with Gasteiger partial charge in [-0.25, -0.2) is 13.9 Å². The highest BCUT2D eigenvalue weighted by Gasteiger charge is 2.28. The number of amides is 1. The third-order valence-electron chi connectivity index (χ3n) is 4.70. The summed E-state index contributed by atoms with van der Waals surface area (Å²) >= 11 is 0. The largest absolute Gasteiger partial charge is 0.479 e. The van der Waals surface area contributed by atoms with Crippen LogP contribution in [0, 0.1) is 19.7 Å². The molecule has 1 heterocycles. The molecule has 1 amide bonds. The Bertz CT molecular complexity index is 1070. The number of aromatic nitrogens is 2. The zero-order chi connectivity index (χ0) is 21.8. The lowest BCUT2D eigenvalue weighted by molar-refractivity contribution is -0.148. The van der Waals surface area contributed by atoms with Crippen LogP contribution in [-0.4, -0.2) is 44.0 Å². The average Bonchev–Trinajstić information content (AvgIpc) is 3.05. The number of halogens is 1. The first-order valence-electron chi connectivity index (χ1n) is 9.35. The number of carbonyl (C=O) groups excluding carboxylic acids is 1. The number of carboxylic acid groups (broad SMARTS) is 1. The van der Waals surface area contributed by atoms with Crippen LogP contribution in [0.1, 0.15) is 27.3 Å². The van der Waals surface area contributed by atoms with Crippen molar-refractivity contribution in [1.29, 1.82) is 0 Å². The van der Waals surface area contributed by atoms with Gasteiger partial charge in [0.05, 0.1) is 11.7 Å². The van der Waals surface area contributed by atoms with Crippen LogP contribution < -0.4 is 5.32 Å². The summed E-state index contributed by atoms with van der Waals surface area (Å²) in [6.07, 6.45) is -1.68. The minimum Gasteiger partial charge on any atom is -0.479 e. The average molecular weight is 411 g/mol. The Morgan fingerprint density at radius 2 is 1.83 bits per heavy atom. The summed E-state index contributed by atoms with van der Waals surface area (Å²) < 4.78 is 15.8. The molecule has 0 radical (unpaired) electrons. The van der Waals surface area contributed by atoms with E-state index in [4.69, 9.17) is 0 Å². The highest BCUT2D eigenvalue weighted by molar-refractivity contribution is 5.95. The smallest absolute Gasteiger partial charge is 0.334 e. The number of nitrogens with zero attached hydrogens (tertiary/aromatic N) is 2. The lowest BCUT2D eigenvalue weighted by Gasteiger charge is -2.22. The maximum absolute atomic E-state index is 14.4. The molecule has 0 bridgehead atoms. The fourth-order valence-corrected chi connectivity index (χ4v) is 3.22. The van der Waals surface area contributed by atoms with E-state index in [1.165, 1.54) is 16.8 Å². The Morgan fingerprint density at radius 1 is 1.13 bits per heavy atom. The minimum atomic E-state index is -1.80. The van der Waals surface area contributed by atoms with E-state index >= 15 is 0 Å². The molecular formula is C22H22FN3O4. The van der Waals surface area contributed by atoms with Crippen LogP contribution in [0.3, 0.4) is 0 Å². The summed E-state index contributed by atoms with van der Waals surface area (Å²) in [7, 11) is 0. The Hall–Kier alpha value is -3.52. The maximum Gasteiger partial charge on any atom is 0.334 e. The second kappa shape index (κ2) is 8.87. The van der Waals surface area contributed by atoms with Crippen molar-refractivity contribution >= 4 is 11.9 Å². The lowest BCUT2D eigenvalue weighted by atomic mass is 10.0. The van der Waals surface area contributed by atoms with Crippen LogP contribution in [0.25, 0.3) is 5.69 Å². The number of aryl methyl sites for hydroxylation is 2. The predicted octanol–water partition coefficient (Wildman–Crippen LogP) is 2.41. The van der Waals surface area contributed by atoms with E-state index in [1.54, 1.807) is 44.2 Å². The summed E-state index contributed by atoms with van der Waals surface area (Å²) in [5, 5.41) is 26.1. The van der Waals surface area contributed by atoms with Gasteiger partial charge in [-0.15, -0.1) is 0 Å². The van der Waals surface area contributed by atoms with Crippen LogP contribution >= 0.6 is 0 Å². The molecule has 0 aliphatic rings. The van der Waals surface area contributed by atoms with Crippen LogP contribution in [0.2, 0.25) is 0 Å². The third-order valence-corrected chi connectivity index (χ3v) is 4.70. The molecule has 8 heteroatoms. The van der Waals surface area contributed by atoms with E-state index < -0.39 is 29.8 Å². The van der Waals surface area contributed by atoms with Gasteiger partial charge < -0.3 is 15.5 Å². The number of rotatable bonds is 7. The third kappa shape index (κ3) is 4.72. The molecule has 2 atom stereocenters. The van der Waals surface area contributed by atoms with Crippen LogP contribution in [0.15, 0.2) is 54.6 Å². The van der Waals surface area contributed by atoms with Gasteiger partial charge in [0.15, 0.2) is 6.10 Å². The molecule has 3 rings (SSSR count). The Balaban J connectivity index is 1.87. The number of aliphatic carboxylic acids is 1. The van der Waals surface area contributed by atoms with Crippen molar-refractivity contribution in [3.63, 3.8) is 0 Å². The van der Waals surface area contributed by atoms with Gasteiger partial charge in [-0.2, -0.15) is 5.10 Å². The number of hydrogen-bond acceptors (Lipinski definition) is 4. The van der Waals surface area contributed by atoms with E-state index in [2.05, 4.69) is 10.4 Å². The van der Waals surface area contributed by atoms with Gasteiger partial charge in [0.1, 0.15) is 11.5 Å². The SMILES string of the molecule is Cc1cc(C)n(-c2cc(C(=O)NC(Cc3ccccc3)C(O)C(=O)O)ccc2F)n1. The van der Waals surface area contributed by atoms with Crippen LogP contribution in [-0.2, 0) is 11.2 Å². The second-order valence-electron chi connectivity index (χ2n) is 7.06. The zero-order valence-corrected chi connectivity index (χ0v) is 16.5. The molecule has 0 aliphatic heterocycles. The molecule has 0 saturated carbocycles. The molecule has 2 aromatic carbocycles. The summed E-state index contributed by atoms with van der Waals surface area (Å²) in [6, 6.07) is 13.4. The normalized spacial score (nSPS) is 12.9. The number of aliphatic hydroxyl groups is 1. The predicted molar refractivity (Wildman–Crippen MR) is 108 cm³/mol. The van der Waals surface area contributed by atoms with E-state index in [9.17, 15) is 24.2 Å². The monoisotopic (exact) mass is 411 g/mol. The molecule has 30 heavy (non-hydrogen) atoms. The molecule has 7 nitrogen and oxygen atoms in total. The number of nitrogens with one attached hydrogen (secondary N) is 1. The molecule has 0 saturated heterocycles. The molecule has 0 spiro atoms. The van der Waals surface area contributed by atoms with Gasteiger partial charge >= 0.3 is 5.97 Å². The first-order chi connectivity index (χ1) is 14.3. The number of carboxylic acids is 1. The molecule has 3 N–H and O–H groups in total. The van der Waals surface area contributed by atoms with Crippen molar-refractivity contribution in [2.24, 2.45) is 0 Å². The summed E-state index contributed by atoms with van der Waals surface area (Å²) in [5.41, 5.74) is 2.38. The standard InChI is InChI=1S/C22H22FN3O4/c1-13-10-14(2)26(25-13)19-12-16(8-9-17(19)23)21(28)24-18(20(27)22(29)30)11-15-6-4-3-5-7-15/h3-10,12,18,20,27H,11H2,1-2H3,(H,24,28)(H,29,30). The van der Waals surface area contributed by atoms with E-state index in [1.807, 2.05) is 6.07 Å². The first kappa shape index (κ1) is 21.2. The topological polar surface area (TPSA) is 104 Å². The summed E-state index contributed by atoms with van der Waals surface area (Å²) in [5.74, 6) is -2.62. The lowest BCUT2D eigenvalue weighted by Crippen LogP contribution is -2.48. The van der Waals surface area contributed by atoms with E-state index in [-0.39, 0.29) is 17.7 Å². The number of aliphatic hydroxyl groups excluding tert-OH is 1. The maximum atomic E-state index is 14.4. The zero-order valence-electron chi connectivity index (χ0n) is 16.5. The second-order valence-corrected chi connectivity index (χ2v) is 7.06. The molecule has 156 valence electrons. The van der Waals surface area contributed by atoms with Crippen LogP contribution in [0.4, 0.5) is 4.39 Å². The highest BCUT2D eigenvalue weighted by Crippen LogP contribution is 2.18.